The Bertz CT molecular complexity index is 848. The van der Waals surface area contributed by atoms with Crippen LogP contribution in [-0.4, -0.2) is 33.2 Å². The number of rotatable bonds is 6. The van der Waals surface area contributed by atoms with Crippen molar-refractivity contribution in [1.82, 2.24) is 5.32 Å². The van der Waals surface area contributed by atoms with E-state index in [0.29, 0.717) is 30.8 Å². The van der Waals surface area contributed by atoms with Gasteiger partial charge in [-0.1, -0.05) is 37.3 Å². The Morgan fingerprint density at radius 3 is 2.38 bits per heavy atom. The zero-order valence-electron chi connectivity index (χ0n) is 14.9. The van der Waals surface area contributed by atoms with Crippen molar-refractivity contribution in [3.8, 4) is 0 Å². The number of nitrogens with one attached hydrogen (secondary N) is 1. The van der Waals surface area contributed by atoms with Gasteiger partial charge in [-0.05, 0) is 42.7 Å². The molecular formula is C20H24N2O3S. The smallest absolute Gasteiger partial charge is 0.251 e. The third kappa shape index (κ3) is 4.07. The summed E-state index contributed by atoms with van der Waals surface area (Å²) in [6, 6.07) is 16.9. The zero-order valence-corrected chi connectivity index (χ0v) is 15.7. The lowest BCUT2D eigenvalue weighted by Gasteiger charge is -2.18. The molecule has 3 rings (SSSR count). The van der Waals surface area contributed by atoms with Crippen molar-refractivity contribution >= 4 is 21.6 Å². The summed E-state index contributed by atoms with van der Waals surface area (Å²) in [6.45, 7) is 3.18. The summed E-state index contributed by atoms with van der Waals surface area (Å²) in [6.07, 6.45) is 1.58. The summed E-state index contributed by atoms with van der Waals surface area (Å²) in [7, 11) is -3.20. The van der Waals surface area contributed by atoms with Crippen molar-refractivity contribution in [2.45, 2.75) is 25.7 Å². The summed E-state index contributed by atoms with van der Waals surface area (Å²) >= 11 is 0. The van der Waals surface area contributed by atoms with Gasteiger partial charge in [-0.25, -0.2) is 8.42 Å². The molecule has 0 aromatic heterocycles. The summed E-state index contributed by atoms with van der Waals surface area (Å²) in [5, 5.41) is 2.98. The number of carbonyl (C=O) groups excluding carboxylic acids is 1. The minimum absolute atomic E-state index is 0.143. The predicted molar refractivity (Wildman–Crippen MR) is 104 cm³/mol. The molecule has 1 heterocycles. The number of sulfonamides is 1. The Morgan fingerprint density at radius 2 is 1.81 bits per heavy atom. The van der Waals surface area contributed by atoms with Gasteiger partial charge in [-0.15, -0.1) is 0 Å². The molecule has 0 bridgehead atoms. The third-order valence-electron chi connectivity index (χ3n) is 4.79. The molecule has 1 amide bonds. The number of carbonyl (C=O) groups is 1. The van der Waals surface area contributed by atoms with Crippen LogP contribution in [0.2, 0.25) is 0 Å². The highest BCUT2D eigenvalue weighted by atomic mass is 32.2. The van der Waals surface area contributed by atoms with Crippen LogP contribution in [0.4, 0.5) is 5.69 Å². The lowest BCUT2D eigenvalue weighted by atomic mass is 9.96. The highest BCUT2D eigenvalue weighted by Gasteiger charge is 2.28. The van der Waals surface area contributed by atoms with Crippen molar-refractivity contribution in [3.63, 3.8) is 0 Å². The maximum absolute atomic E-state index is 12.4. The molecule has 138 valence electrons. The van der Waals surface area contributed by atoms with E-state index in [-0.39, 0.29) is 17.6 Å². The van der Waals surface area contributed by atoms with Gasteiger partial charge in [0.15, 0.2) is 0 Å². The van der Waals surface area contributed by atoms with Gasteiger partial charge in [-0.2, -0.15) is 0 Å². The summed E-state index contributed by atoms with van der Waals surface area (Å²) < 4.78 is 25.4. The van der Waals surface area contributed by atoms with Crippen LogP contribution in [0, 0.1) is 0 Å². The predicted octanol–water partition coefficient (Wildman–Crippen LogP) is 3.15. The molecule has 2 aromatic rings. The fourth-order valence-corrected chi connectivity index (χ4v) is 4.81. The van der Waals surface area contributed by atoms with Crippen LogP contribution in [0.5, 0.6) is 0 Å². The Kier molecular flexibility index (Phi) is 5.61. The maximum atomic E-state index is 12.4. The third-order valence-corrected chi connectivity index (χ3v) is 6.66. The Hall–Kier alpha value is -2.34. The van der Waals surface area contributed by atoms with E-state index in [2.05, 4.69) is 24.4 Å². The second-order valence-corrected chi connectivity index (χ2v) is 8.53. The van der Waals surface area contributed by atoms with Gasteiger partial charge >= 0.3 is 0 Å². The molecule has 2 aromatic carbocycles. The molecule has 1 unspecified atom stereocenters. The van der Waals surface area contributed by atoms with E-state index in [9.17, 15) is 13.2 Å². The average molecular weight is 372 g/mol. The van der Waals surface area contributed by atoms with Gasteiger partial charge in [0.2, 0.25) is 10.0 Å². The molecule has 6 heteroatoms. The molecule has 26 heavy (non-hydrogen) atoms. The molecule has 1 aliphatic rings. The molecular weight excluding hydrogens is 348 g/mol. The molecule has 1 atom stereocenters. The number of benzene rings is 2. The monoisotopic (exact) mass is 372 g/mol. The minimum atomic E-state index is -3.20. The topological polar surface area (TPSA) is 66.5 Å². The van der Waals surface area contributed by atoms with Crippen molar-refractivity contribution < 1.29 is 13.2 Å². The van der Waals surface area contributed by atoms with Crippen LogP contribution in [0.3, 0.4) is 0 Å². The van der Waals surface area contributed by atoms with E-state index in [0.717, 1.165) is 6.42 Å². The standard InChI is InChI=1S/C20H24N2O3S/c1-2-16(17-7-4-3-5-8-17)15-21-20(23)18-9-11-19(12-10-18)22-13-6-14-26(22,24)25/h3-5,7-12,16H,2,6,13-15H2,1H3,(H,21,23). The Labute approximate surface area is 155 Å². The Balaban J connectivity index is 1.63. The maximum Gasteiger partial charge on any atom is 0.251 e. The molecule has 1 fully saturated rings. The van der Waals surface area contributed by atoms with Crippen molar-refractivity contribution in [2.75, 3.05) is 23.1 Å². The van der Waals surface area contributed by atoms with Crippen molar-refractivity contribution in [3.05, 3.63) is 65.7 Å². The second kappa shape index (κ2) is 7.91. The first-order valence-electron chi connectivity index (χ1n) is 8.95. The van der Waals surface area contributed by atoms with Crippen LogP contribution in [-0.2, 0) is 10.0 Å². The first-order chi connectivity index (χ1) is 12.5. The largest absolute Gasteiger partial charge is 0.351 e. The highest BCUT2D eigenvalue weighted by Crippen LogP contribution is 2.24. The molecule has 0 spiro atoms. The number of hydrogen-bond donors (Lipinski definition) is 1. The zero-order chi connectivity index (χ0) is 18.6. The van der Waals surface area contributed by atoms with Gasteiger partial charge in [0.25, 0.3) is 5.91 Å². The van der Waals surface area contributed by atoms with Crippen LogP contribution in [0.15, 0.2) is 54.6 Å². The molecule has 0 radical (unpaired) electrons. The van der Waals surface area contributed by atoms with Gasteiger partial charge in [0.1, 0.15) is 0 Å². The first kappa shape index (κ1) is 18.5. The van der Waals surface area contributed by atoms with E-state index in [1.54, 1.807) is 24.3 Å². The van der Waals surface area contributed by atoms with E-state index >= 15 is 0 Å². The normalized spacial score (nSPS) is 17.0. The van der Waals surface area contributed by atoms with Crippen LogP contribution < -0.4 is 9.62 Å². The summed E-state index contributed by atoms with van der Waals surface area (Å²) in [5.74, 6) is 0.317. The van der Waals surface area contributed by atoms with Gasteiger partial charge in [0, 0.05) is 24.6 Å². The Morgan fingerprint density at radius 1 is 1.12 bits per heavy atom. The highest BCUT2D eigenvalue weighted by molar-refractivity contribution is 7.93. The SMILES string of the molecule is CCC(CNC(=O)c1ccc(N2CCCS2(=O)=O)cc1)c1ccccc1. The van der Waals surface area contributed by atoms with Crippen LogP contribution in [0.1, 0.15) is 41.6 Å². The van der Waals surface area contributed by atoms with E-state index in [1.807, 2.05) is 18.2 Å². The van der Waals surface area contributed by atoms with Crippen molar-refractivity contribution in [2.24, 2.45) is 0 Å². The molecule has 5 nitrogen and oxygen atoms in total. The van der Waals surface area contributed by atoms with Crippen LogP contribution in [0.25, 0.3) is 0 Å². The lowest BCUT2D eigenvalue weighted by Crippen LogP contribution is -2.28. The van der Waals surface area contributed by atoms with Crippen molar-refractivity contribution in [1.29, 1.82) is 0 Å². The molecule has 1 N–H and O–H groups in total. The fourth-order valence-electron chi connectivity index (χ4n) is 3.25. The molecule has 0 aliphatic carbocycles. The first-order valence-corrected chi connectivity index (χ1v) is 10.6. The van der Waals surface area contributed by atoms with E-state index < -0.39 is 10.0 Å². The fraction of sp³-hybridized carbons (Fsp3) is 0.350. The second-order valence-electron chi connectivity index (χ2n) is 6.51. The average Bonchev–Trinajstić information content (AvgIpc) is 3.02. The lowest BCUT2D eigenvalue weighted by molar-refractivity contribution is 0.0951. The summed E-state index contributed by atoms with van der Waals surface area (Å²) in [5.41, 5.74) is 2.37. The van der Waals surface area contributed by atoms with Gasteiger partial charge < -0.3 is 5.32 Å². The van der Waals surface area contributed by atoms with E-state index in [4.69, 9.17) is 0 Å². The minimum Gasteiger partial charge on any atom is -0.351 e. The van der Waals surface area contributed by atoms with Gasteiger partial charge in [0.05, 0.1) is 11.4 Å². The number of amides is 1. The number of anilines is 1. The number of nitrogens with zero attached hydrogens (tertiary/aromatic N) is 1. The van der Waals surface area contributed by atoms with E-state index in [1.165, 1.54) is 9.87 Å². The number of hydrogen-bond acceptors (Lipinski definition) is 3. The molecule has 1 aliphatic heterocycles. The quantitative estimate of drug-likeness (QED) is 0.847. The van der Waals surface area contributed by atoms with Gasteiger partial charge in [-0.3, -0.25) is 9.10 Å². The summed E-state index contributed by atoms with van der Waals surface area (Å²) in [4.78, 5) is 12.4. The molecule has 1 saturated heterocycles. The molecule has 0 saturated carbocycles. The van der Waals surface area contributed by atoms with Crippen LogP contribution >= 0.6 is 0 Å².